The molecule has 2 heteroatoms. The molecule has 0 saturated carbocycles. The van der Waals surface area contributed by atoms with Gasteiger partial charge in [0.2, 0.25) is 0 Å². The Kier molecular flexibility index (Phi) is 3.26. The van der Waals surface area contributed by atoms with Crippen LogP contribution in [0.2, 0.25) is 0 Å². The summed E-state index contributed by atoms with van der Waals surface area (Å²) in [5.74, 6) is 2.83. The third kappa shape index (κ3) is 2.25. The zero-order chi connectivity index (χ0) is 11.4. The van der Waals surface area contributed by atoms with Crippen LogP contribution in [0.25, 0.3) is 0 Å². The number of unbranched alkanes of at least 4 members (excludes halogenated alkanes) is 1. The Hall–Kier alpha value is -1.75. The molecule has 1 N–H and O–H groups in total. The van der Waals surface area contributed by atoms with E-state index in [1.807, 2.05) is 18.2 Å². The molecule has 0 aliphatic carbocycles. The lowest BCUT2D eigenvalue weighted by molar-refractivity contribution is -0.119. The molecule has 0 bridgehead atoms. The predicted octanol–water partition coefficient (Wildman–Crippen LogP) is 2.40. The molecule has 82 valence electrons. The maximum atomic E-state index is 11.9. The van der Waals surface area contributed by atoms with Gasteiger partial charge in [-0.05, 0) is 18.1 Å². The van der Waals surface area contributed by atoms with Gasteiger partial charge in [0, 0.05) is 24.9 Å². The lowest BCUT2D eigenvalue weighted by Crippen LogP contribution is -2.26. The van der Waals surface area contributed by atoms with Crippen LogP contribution in [0, 0.1) is 12.3 Å². The second-order valence-corrected chi connectivity index (χ2v) is 4.08. The van der Waals surface area contributed by atoms with Crippen LogP contribution in [0.15, 0.2) is 24.3 Å². The number of carbonyl (C=O) groups excluding carboxylic acids is 1. The molecule has 16 heavy (non-hydrogen) atoms. The normalized spacial score (nSPS) is 17.3. The van der Waals surface area contributed by atoms with Crippen molar-refractivity contribution in [3.05, 3.63) is 29.8 Å². The first-order valence-electron chi connectivity index (χ1n) is 5.62. The van der Waals surface area contributed by atoms with Crippen molar-refractivity contribution in [2.45, 2.75) is 31.7 Å². The first-order chi connectivity index (χ1) is 7.81. The van der Waals surface area contributed by atoms with Crippen LogP contribution in [0.3, 0.4) is 0 Å². The highest BCUT2D eigenvalue weighted by Gasteiger charge is 2.25. The van der Waals surface area contributed by atoms with Gasteiger partial charge in [-0.2, -0.15) is 0 Å². The first-order valence-corrected chi connectivity index (χ1v) is 5.62. The van der Waals surface area contributed by atoms with Crippen molar-refractivity contribution in [3.63, 3.8) is 0 Å². The van der Waals surface area contributed by atoms with Gasteiger partial charge in [0.15, 0.2) is 5.78 Å². The molecule has 0 amide bonds. The fourth-order valence-corrected chi connectivity index (χ4v) is 2.03. The highest BCUT2D eigenvalue weighted by atomic mass is 16.1. The zero-order valence-corrected chi connectivity index (χ0v) is 9.20. The van der Waals surface area contributed by atoms with Crippen molar-refractivity contribution in [3.8, 4) is 12.3 Å². The smallest absolute Gasteiger partial charge is 0.155 e. The SMILES string of the molecule is C#CCCCC(=O)C1Cc2ccccc2N1. The van der Waals surface area contributed by atoms with Crippen molar-refractivity contribution < 1.29 is 4.79 Å². The maximum absolute atomic E-state index is 11.9. The summed E-state index contributed by atoms with van der Waals surface area (Å²) < 4.78 is 0. The average Bonchev–Trinajstić information content (AvgIpc) is 2.73. The van der Waals surface area contributed by atoms with Gasteiger partial charge < -0.3 is 5.32 Å². The minimum Gasteiger partial charge on any atom is -0.375 e. The number of ketones is 1. The fraction of sp³-hybridized carbons (Fsp3) is 0.357. The van der Waals surface area contributed by atoms with Crippen molar-refractivity contribution in [2.75, 3.05) is 5.32 Å². The van der Waals surface area contributed by atoms with Gasteiger partial charge in [-0.1, -0.05) is 18.2 Å². The first kappa shape index (κ1) is 10.8. The second kappa shape index (κ2) is 4.85. The summed E-state index contributed by atoms with van der Waals surface area (Å²) in [7, 11) is 0. The Morgan fingerprint density at radius 3 is 3.06 bits per heavy atom. The highest BCUT2D eigenvalue weighted by molar-refractivity contribution is 5.89. The maximum Gasteiger partial charge on any atom is 0.155 e. The van der Waals surface area contributed by atoms with Crippen molar-refractivity contribution in [2.24, 2.45) is 0 Å². The molecule has 0 spiro atoms. The molecule has 0 saturated heterocycles. The Morgan fingerprint density at radius 2 is 2.31 bits per heavy atom. The van der Waals surface area contributed by atoms with E-state index in [9.17, 15) is 4.79 Å². The van der Waals surface area contributed by atoms with E-state index in [0.29, 0.717) is 12.8 Å². The van der Waals surface area contributed by atoms with Crippen LogP contribution in [-0.2, 0) is 11.2 Å². The van der Waals surface area contributed by atoms with Gasteiger partial charge in [-0.15, -0.1) is 12.3 Å². The van der Waals surface area contributed by atoms with E-state index in [1.165, 1.54) is 5.56 Å². The number of Topliss-reactive ketones (excluding diaryl/α,β-unsaturated/α-hetero) is 1. The summed E-state index contributed by atoms with van der Waals surface area (Å²) in [6.45, 7) is 0. The molecule has 1 aliphatic heterocycles. The van der Waals surface area contributed by atoms with E-state index in [0.717, 1.165) is 18.5 Å². The largest absolute Gasteiger partial charge is 0.375 e. The van der Waals surface area contributed by atoms with E-state index < -0.39 is 0 Å². The summed E-state index contributed by atoms with van der Waals surface area (Å²) in [6.07, 6.45) is 8.03. The lowest BCUT2D eigenvalue weighted by atomic mass is 10.0. The van der Waals surface area contributed by atoms with Gasteiger partial charge in [-0.3, -0.25) is 4.79 Å². The molecule has 1 aromatic rings. The van der Waals surface area contributed by atoms with E-state index in [1.54, 1.807) is 0 Å². The fourth-order valence-electron chi connectivity index (χ4n) is 2.03. The van der Waals surface area contributed by atoms with E-state index in [2.05, 4.69) is 17.3 Å². The van der Waals surface area contributed by atoms with Crippen molar-refractivity contribution >= 4 is 11.5 Å². The van der Waals surface area contributed by atoms with Crippen LogP contribution >= 0.6 is 0 Å². The monoisotopic (exact) mass is 213 g/mol. The molecular weight excluding hydrogens is 198 g/mol. The number of terminal acetylenes is 1. The number of hydrogen-bond acceptors (Lipinski definition) is 2. The van der Waals surface area contributed by atoms with Gasteiger partial charge in [0.05, 0.1) is 6.04 Å². The molecule has 1 aliphatic rings. The molecule has 1 atom stereocenters. The summed E-state index contributed by atoms with van der Waals surface area (Å²) >= 11 is 0. The standard InChI is InChI=1S/C14H15NO/c1-2-3-4-9-14(16)13-10-11-7-5-6-8-12(11)15-13/h1,5-8,13,15H,3-4,9-10H2. The summed E-state index contributed by atoms with van der Waals surface area (Å²) in [4.78, 5) is 11.9. The van der Waals surface area contributed by atoms with E-state index in [4.69, 9.17) is 6.42 Å². The van der Waals surface area contributed by atoms with Gasteiger partial charge in [0.1, 0.15) is 0 Å². The van der Waals surface area contributed by atoms with Crippen LogP contribution < -0.4 is 5.32 Å². The highest BCUT2D eigenvalue weighted by Crippen LogP contribution is 2.26. The molecule has 1 unspecified atom stereocenters. The van der Waals surface area contributed by atoms with Crippen molar-refractivity contribution in [1.82, 2.24) is 0 Å². The van der Waals surface area contributed by atoms with Crippen molar-refractivity contribution in [1.29, 1.82) is 0 Å². The molecule has 2 rings (SSSR count). The number of rotatable bonds is 4. The number of nitrogens with one attached hydrogen (secondary N) is 1. The molecule has 0 radical (unpaired) electrons. The van der Waals surface area contributed by atoms with Gasteiger partial charge in [0.25, 0.3) is 0 Å². The van der Waals surface area contributed by atoms with E-state index in [-0.39, 0.29) is 11.8 Å². The number of hydrogen-bond donors (Lipinski definition) is 1. The van der Waals surface area contributed by atoms with Gasteiger partial charge >= 0.3 is 0 Å². The van der Waals surface area contributed by atoms with Gasteiger partial charge in [-0.25, -0.2) is 0 Å². The third-order valence-electron chi connectivity index (χ3n) is 2.90. The minimum atomic E-state index is -0.0461. The van der Waals surface area contributed by atoms with Crippen LogP contribution in [0.1, 0.15) is 24.8 Å². The summed E-state index contributed by atoms with van der Waals surface area (Å²) in [6, 6.07) is 8.03. The lowest BCUT2D eigenvalue weighted by Gasteiger charge is -2.08. The molecule has 0 aromatic heterocycles. The van der Waals surface area contributed by atoms with E-state index >= 15 is 0 Å². The molecule has 2 nitrogen and oxygen atoms in total. The molecule has 1 heterocycles. The topological polar surface area (TPSA) is 29.1 Å². The van der Waals surface area contributed by atoms with Crippen LogP contribution in [0.4, 0.5) is 5.69 Å². The quantitative estimate of drug-likeness (QED) is 0.614. The third-order valence-corrected chi connectivity index (χ3v) is 2.90. The summed E-state index contributed by atoms with van der Waals surface area (Å²) in [5.41, 5.74) is 2.33. The number of carbonyl (C=O) groups is 1. The minimum absolute atomic E-state index is 0.0461. The Labute approximate surface area is 96.1 Å². The second-order valence-electron chi connectivity index (χ2n) is 4.08. The zero-order valence-electron chi connectivity index (χ0n) is 9.20. The molecule has 1 aromatic carbocycles. The summed E-state index contributed by atoms with van der Waals surface area (Å²) in [5, 5.41) is 3.26. The molecule has 0 fully saturated rings. The Morgan fingerprint density at radius 1 is 1.50 bits per heavy atom. The predicted molar refractivity (Wildman–Crippen MR) is 65.2 cm³/mol. The molecular formula is C14H15NO. The Bertz CT molecular complexity index is 406. The van der Waals surface area contributed by atoms with Crippen LogP contribution in [0.5, 0.6) is 0 Å². The average molecular weight is 213 g/mol. The Balaban J connectivity index is 1.91. The number of anilines is 1. The number of para-hydroxylation sites is 1. The number of benzene rings is 1. The number of fused-ring (bicyclic) bond motifs is 1. The van der Waals surface area contributed by atoms with Crippen LogP contribution in [-0.4, -0.2) is 11.8 Å².